The molecule has 0 unspecified atom stereocenters. The zero-order valence-corrected chi connectivity index (χ0v) is 17.6. The molecule has 0 bridgehead atoms. The van der Waals surface area contributed by atoms with Crippen LogP contribution in [0.15, 0.2) is 53.4 Å². The van der Waals surface area contributed by atoms with Crippen LogP contribution >= 0.6 is 0 Å². The summed E-state index contributed by atoms with van der Waals surface area (Å²) >= 11 is 0. The number of anilines is 2. The first kappa shape index (κ1) is 19.3. The molecule has 4 aromatic rings. The van der Waals surface area contributed by atoms with Crippen LogP contribution in [-0.4, -0.2) is 38.7 Å². The number of amides is 1. The van der Waals surface area contributed by atoms with Gasteiger partial charge < -0.3 is 14.6 Å². The summed E-state index contributed by atoms with van der Waals surface area (Å²) in [4.78, 5) is 24.7. The van der Waals surface area contributed by atoms with Crippen LogP contribution in [0.2, 0.25) is 0 Å². The first-order valence-corrected chi connectivity index (χ1v) is 10.5. The highest BCUT2D eigenvalue weighted by molar-refractivity contribution is 6.12. The molecule has 0 radical (unpaired) electrons. The monoisotopic (exact) mass is 416 g/mol. The first-order chi connectivity index (χ1) is 15.1. The van der Waals surface area contributed by atoms with Gasteiger partial charge in [-0.15, -0.1) is 0 Å². The quantitative estimate of drug-likeness (QED) is 0.515. The van der Waals surface area contributed by atoms with E-state index in [1.54, 1.807) is 24.6 Å². The van der Waals surface area contributed by atoms with Gasteiger partial charge in [-0.05, 0) is 57.0 Å². The highest BCUT2D eigenvalue weighted by Crippen LogP contribution is 2.27. The van der Waals surface area contributed by atoms with Gasteiger partial charge in [0.25, 0.3) is 5.91 Å². The number of furan rings is 1. The van der Waals surface area contributed by atoms with Crippen molar-refractivity contribution in [3.8, 4) is 11.5 Å². The summed E-state index contributed by atoms with van der Waals surface area (Å²) < 4.78 is 7.33. The highest BCUT2D eigenvalue weighted by atomic mass is 16.3. The largest absolute Gasteiger partial charge is 0.463 e. The molecular formula is C23H24N6O2. The van der Waals surface area contributed by atoms with Gasteiger partial charge in [-0.1, -0.05) is 0 Å². The molecule has 0 saturated carbocycles. The van der Waals surface area contributed by atoms with Crippen LogP contribution in [0.25, 0.3) is 22.5 Å². The molecule has 1 aliphatic rings. The molecule has 5 rings (SSSR count). The van der Waals surface area contributed by atoms with Crippen molar-refractivity contribution in [2.24, 2.45) is 0 Å². The van der Waals surface area contributed by atoms with Crippen LogP contribution in [0, 0.1) is 0 Å². The van der Waals surface area contributed by atoms with Crippen molar-refractivity contribution in [3.63, 3.8) is 0 Å². The van der Waals surface area contributed by atoms with E-state index < -0.39 is 0 Å². The number of hydrogen-bond donors (Lipinski definition) is 1. The van der Waals surface area contributed by atoms with E-state index in [9.17, 15) is 4.79 Å². The zero-order valence-electron chi connectivity index (χ0n) is 17.6. The van der Waals surface area contributed by atoms with E-state index in [1.807, 2.05) is 42.9 Å². The Morgan fingerprint density at radius 2 is 2.00 bits per heavy atom. The highest BCUT2D eigenvalue weighted by Gasteiger charge is 2.20. The summed E-state index contributed by atoms with van der Waals surface area (Å²) in [6.45, 7) is 6.16. The van der Waals surface area contributed by atoms with Gasteiger partial charge in [-0.25, -0.2) is 14.6 Å². The van der Waals surface area contributed by atoms with E-state index in [-0.39, 0.29) is 11.9 Å². The van der Waals surface area contributed by atoms with Gasteiger partial charge in [0.1, 0.15) is 11.5 Å². The molecular weight excluding hydrogens is 392 g/mol. The van der Waals surface area contributed by atoms with Crippen molar-refractivity contribution in [1.82, 2.24) is 19.7 Å². The van der Waals surface area contributed by atoms with Gasteiger partial charge in [0, 0.05) is 19.1 Å². The van der Waals surface area contributed by atoms with Gasteiger partial charge in [0.15, 0.2) is 11.4 Å². The predicted molar refractivity (Wildman–Crippen MR) is 119 cm³/mol. The number of fused-ring (bicyclic) bond motifs is 1. The van der Waals surface area contributed by atoms with Gasteiger partial charge in [-0.3, -0.25) is 4.79 Å². The Morgan fingerprint density at radius 1 is 1.16 bits per heavy atom. The fraction of sp³-hybridized carbons (Fsp3) is 0.304. The molecule has 0 atom stereocenters. The standard InChI is InChI=1S/C23H24N6O2/c1-15(2)29-22-18(14-25-29)17(12-19(26-22)20-6-5-11-31-20)23(30)27-21-8-7-16(13-24-21)28-9-3-4-10-28/h5-8,11-15H,3-4,9-10H2,1-2H3,(H,24,27,30). The molecule has 1 aliphatic heterocycles. The van der Waals surface area contributed by atoms with Crippen LogP contribution in [0.5, 0.6) is 0 Å². The molecule has 1 saturated heterocycles. The molecule has 0 spiro atoms. The minimum Gasteiger partial charge on any atom is -0.463 e. The summed E-state index contributed by atoms with van der Waals surface area (Å²) in [5.74, 6) is 0.846. The lowest BCUT2D eigenvalue weighted by Crippen LogP contribution is -2.18. The average molecular weight is 416 g/mol. The van der Waals surface area contributed by atoms with Crippen molar-refractivity contribution in [3.05, 3.63) is 54.6 Å². The normalized spacial score (nSPS) is 14.0. The van der Waals surface area contributed by atoms with E-state index in [0.29, 0.717) is 33.9 Å². The summed E-state index contributed by atoms with van der Waals surface area (Å²) in [5.41, 5.74) is 2.79. The minimum absolute atomic E-state index is 0.104. The number of pyridine rings is 2. The van der Waals surface area contributed by atoms with Crippen LogP contribution in [-0.2, 0) is 0 Å². The van der Waals surface area contributed by atoms with E-state index in [0.717, 1.165) is 18.8 Å². The molecule has 8 nitrogen and oxygen atoms in total. The van der Waals surface area contributed by atoms with E-state index in [1.165, 1.54) is 12.8 Å². The molecule has 1 amide bonds. The first-order valence-electron chi connectivity index (χ1n) is 10.5. The van der Waals surface area contributed by atoms with Crippen molar-refractivity contribution >= 4 is 28.4 Å². The van der Waals surface area contributed by atoms with E-state index in [4.69, 9.17) is 9.40 Å². The van der Waals surface area contributed by atoms with Crippen molar-refractivity contribution < 1.29 is 9.21 Å². The number of rotatable bonds is 5. The average Bonchev–Trinajstić information content (AvgIpc) is 3.55. The Morgan fingerprint density at radius 3 is 2.68 bits per heavy atom. The lowest BCUT2D eigenvalue weighted by molar-refractivity contribution is 0.102. The number of nitrogens with zero attached hydrogens (tertiary/aromatic N) is 5. The lowest BCUT2D eigenvalue weighted by atomic mass is 10.1. The zero-order chi connectivity index (χ0) is 21.4. The van der Waals surface area contributed by atoms with Crippen molar-refractivity contribution in [2.75, 3.05) is 23.3 Å². The second kappa shape index (κ2) is 7.86. The van der Waals surface area contributed by atoms with Gasteiger partial charge in [0.05, 0.1) is 35.3 Å². The molecule has 4 aromatic heterocycles. The Hall–Kier alpha value is -3.68. The Labute approximate surface area is 179 Å². The maximum absolute atomic E-state index is 13.2. The van der Waals surface area contributed by atoms with Crippen LogP contribution in [0.1, 0.15) is 43.1 Å². The van der Waals surface area contributed by atoms with Gasteiger partial charge in [0.2, 0.25) is 0 Å². The Kier molecular flexibility index (Phi) is 4.89. The molecule has 158 valence electrons. The SMILES string of the molecule is CC(C)n1ncc2c(C(=O)Nc3ccc(N4CCCC4)cn3)cc(-c3ccco3)nc21. The number of aromatic nitrogens is 4. The minimum atomic E-state index is -0.259. The summed E-state index contributed by atoms with van der Waals surface area (Å²) in [6, 6.07) is 9.31. The molecule has 0 aromatic carbocycles. The van der Waals surface area contributed by atoms with Crippen LogP contribution in [0.4, 0.5) is 11.5 Å². The van der Waals surface area contributed by atoms with Crippen molar-refractivity contribution in [2.45, 2.75) is 32.7 Å². The maximum atomic E-state index is 13.2. The summed E-state index contributed by atoms with van der Waals surface area (Å²) in [7, 11) is 0. The van der Waals surface area contributed by atoms with Crippen LogP contribution < -0.4 is 10.2 Å². The molecule has 8 heteroatoms. The molecule has 5 heterocycles. The van der Waals surface area contributed by atoms with E-state index >= 15 is 0 Å². The topological polar surface area (TPSA) is 89.1 Å². The fourth-order valence-corrected chi connectivity index (χ4v) is 3.94. The van der Waals surface area contributed by atoms with Crippen LogP contribution in [0.3, 0.4) is 0 Å². The molecule has 1 fully saturated rings. The second-order valence-corrected chi connectivity index (χ2v) is 8.00. The number of carbonyl (C=O) groups excluding carboxylic acids is 1. The predicted octanol–water partition coefficient (Wildman–Crippen LogP) is 4.52. The maximum Gasteiger partial charge on any atom is 0.257 e. The molecule has 31 heavy (non-hydrogen) atoms. The second-order valence-electron chi connectivity index (χ2n) is 8.00. The Balaban J connectivity index is 1.49. The van der Waals surface area contributed by atoms with Gasteiger partial charge >= 0.3 is 0 Å². The number of hydrogen-bond acceptors (Lipinski definition) is 6. The van der Waals surface area contributed by atoms with Gasteiger partial charge in [-0.2, -0.15) is 5.10 Å². The lowest BCUT2D eigenvalue weighted by Gasteiger charge is -2.17. The smallest absolute Gasteiger partial charge is 0.257 e. The third-order valence-corrected chi connectivity index (χ3v) is 5.53. The fourth-order valence-electron chi connectivity index (χ4n) is 3.94. The summed E-state index contributed by atoms with van der Waals surface area (Å²) in [5, 5.41) is 8.05. The van der Waals surface area contributed by atoms with Crippen molar-refractivity contribution in [1.29, 1.82) is 0 Å². The number of nitrogens with one attached hydrogen (secondary N) is 1. The molecule has 0 aliphatic carbocycles. The summed E-state index contributed by atoms with van der Waals surface area (Å²) in [6.07, 6.45) is 7.50. The number of carbonyl (C=O) groups is 1. The Bertz CT molecular complexity index is 1210. The molecule has 1 N–H and O–H groups in total. The third kappa shape index (κ3) is 3.65. The van der Waals surface area contributed by atoms with E-state index in [2.05, 4.69) is 20.3 Å². The third-order valence-electron chi connectivity index (χ3n) is 5.53.